The first-order valence-corrected chi connectivity index (χ1v) is 7.89. The van der Waals surface area contributed by atoms with Gasteiger partial charge in [0.1, 0.15) is 5.60 Å². The number of rotatable bonds is 6. The Morgan fingerprint density at radius 3 is 2.41 bits per heavy atom. The smallest absolute Gasteiger partial charge is 0.104 e. The van der Waals surface area contributed by atoms with Gasteiger partial charge in [0.25, 0.3) is 0 Å². The zero-order valence-corrected chi connectivity index (χ0v) is 13.2. The first-order valence-electron chi connectivity index (χ1n) is 7.89. The van der Waals surface area contributed by atoms with Gasteiger partial charge in [-0.2, -0.15) is 10.5 Å². The van der Waals surface area contributed by atoms with Crippen LogP contribution >= 0.6 is 0 Å². The summed E-state index contributed by atoms with van der Waals surface area (Å²) in [6, 6.07) is 11.8. The number of nitrogens with zero attached hydrogens (tertiary/aromatic N) is 2. The van der Waals surface area contributed by atoms with E-state index >= 15 is 0 Å². The zero-order valence-electron chi connectivity index (χ0n) is 13.2. The van der Waals surface area contributed by atoms with Crippen LogP contribution in [0.5, 0.6) is 0 Å². The molecule has 1 atom stereocenters. The third kappa shape index (κ3) is 2.65. The fraction of sp³-hybridized carbons (Fsp3) is 0.474. The maximum absolute atomic E-state index is 11.3. The lowest BCUT2D eigenvalue weighted by molar-refractivity contribution is -0.0209. The van der Waals surface area contributed by atoms with Gasteiger partial charge in [0.2, 0.25) is 0 Å². The molecule has 0 aromatic heterocycles. The summed E-state index contributed by atoms with van der Waals surface area (Å²) >= 11 is 0. The summed E-state index contributed by atoms with van der Waals surface area (Å²) in [4.78, 5) is 0. The van der Waals surface area contributed by atoms with Gasteiger partial charge in [-0.15, -0.1) is 0 Å². The molecule has 1 aromatic rings. The molecule has 1 aliphatic carbocycles. The third-order valence-electron chi connectivity index (χ3n) is 4.94. The van der Waals surface area contributed by atoms with E-state index in [0.717, 1.165) is 31.2 Å². The average Bonchev–Trinajstić information content (AvgIpc) is 3.36. The number of aliphatic hydroxyl groups is 1. The normalized spacial score (nSPS) is 18.6. The summed E-state index contributed by atoms with van der Waals surface area (Å²) in [5.74, 6) is 0.0418. The molecule has 1 aromatic carbocycles. The van der Waals surface area contributed by atoms with Crippen molar-refractivity contribution in [2.45, 2.75) is 45.1 Å². The molecule has 1 N–H and O–H groups in total. The molecule has 0 unspecified atom stereocenters. The molecule has 114 valence electrons. The van der Waals surface area contributed by atoms with E-state index in [1.807, 2.05) is 32.0 Å². The molecule has 0 bridgehead atoms. The molecule has 3 nitrogen and oxygen atoms in total. The van der Waals surface area contributed by atoms with Crippen molar-refractivity contribution in [3.05, 3.63) is 41.5 Å². The highest BCUT2D eigenvalue weighted by atomic mass is 16.3. The topological polar surface area (TPSA) is 67.8 Å². The van der Waals surface area contributed by atoms with Gasteiger partial charge < -0.3 is 5.11 Å². The van der Waals surface area contributed by atoms with Crippen LogP contribution in [0.2, 0.25) is 0 Å². The molecule has 2 rings (SSSR count). The van der Waals surface area contributed by atoms with E-state index in [2.05, 4.69) is 12.1 Å². The molecular weight excluding hydrogens is 272 g/mol. The van der Waals surface area contributed by atoms with E-state index in [0.29, 0.717) is 5.56 Å². The Balaban J connectivity index is 2.42. The van der Waals surface area contributed by atoms with Crippen LogP contribution < -0.4 is 0 Å². The van der Waals surface area contributed by atoms with Gasteiger partial charge in [-0.05, 0) is 30.4 Å². The number of nitriles is 2. The minimum Gasteiger partial charge on any atom is -0.384 e. The summed E-state index contributed by atoms with van der Waals surface area (Å²) in [6.45, 7) is 4.09. The number of benzene rings is 1. The van der Waals surface area contributed by atoms with Crippen LogP contribution in [-0.4, -0.2) is 10.7 Å². The van der Waals surface area contributed by atoms with E-state index in [1.54, 1.807) is 18.2 Å². The van der Waals surface area contributed by atoms with Crippen LogP contribution in [0.3, 0.4) is 0 Å². The predicted octanol–water partition coefficient (Wildman–Crippen LogP) is 4.04. The first kappa shape index (κ1) is 16.3. The lowest BCUT2D eigenvalue weighted by atomic mass is 9.72. The Bertz CT molecular complexity index is 642. The molecule has 3 heteroatoms. The van der Waals surface area contributed by atoms with Gasteiger partial charge in [-0.25, -0.2) is 0 Å². The summed E-state index contributed by atoms with van der Waals surface area (Å²) in [5.41, 5.74) is -0.439. The molecule has 0 radical (unpaired) electrons. The third-order valence-corrected chi connectivity index (χ3v) is 4.94. The summed E-state index contributed by atoms with van der Waals surface area (Å²) < 4.78 is 0. The van der Waals surface area contributed by atoms with Crippen molar-refractivity contribution in [3.63, 3.8) is 0 Å². The van der Waals surface area contributed by atoms with Crippen LogP contribution in [0.25, 0.3) is 6.08 Å². The Labute approximate surface area is 132 Å². The summed E-state index contributed by atoms with van der Waals surface area (Å²) in [6.07, 6.45) is 6.67. The fourth-order valence-corrected chi connectivity index (χ4v) is 3.29. The van der Waals surface area contributed by atoms with Crippen LogP contribution in [0.15, 0.2) is 30.3 Å². The standard InChI is InChI=1S/C19H22N2O/c1-3-17(4-2)19(22,18(14-21)11-12-18)10-9-15-7-5-6-8-16(15)13-20/h5-10,17,22H,3-4,11-12H2,1-2H3/b10-9+/t19-/m0/s1. The van der Waals surface area contributed by atoms with Crippen molar-refractivity contribution in [2.24, 2.45) is 11.3 Å². The molecule has 0 saturated heterocycles. The highest BCUT2D eigenvalue weighted by Gasteiger charge is 2.60. The molecule has 0 aliphatic heterocycles. The van der Waals surface area contributed by atoms with E-state index in [4.69, 9.17) is 5.26 Å². The molecule has 1 fully saturated rings. The van der Waals surface area contributed by atoms with Crippen molar-refractivity contribution in [1.29, 1.82) is 10.5 Å². The SMILES string of the molecule is CCC(CC)[C@@](O)(/C=C/c1ccccc1C#N)C1(C#N)CC1. The number of hydrogen-bond acceptors (Lipinski definition) is 3. The van der Waals surface area contributed by atoms with E-state index in [1.165, 1.54) is 0 Å². The van der Waals surface area contributed by atoms with Crippen molar-refractivity contribution in [1.82, 2.24) is 0 Å². The highest BCUT2D eigenvalue weighted by Crippen LogP contribution is 2.58. The second-order valence-electron chi connectivity index (χ2n) is 6.07. The molecular formula is C19H22N2O. The highest BCUT2D eigenvalue weighted by molar-refractivity contribution is 5.59. The van der Waals surface area contributed by atoms with Crippen molar-refractivity contribution >= 4 is 6.08 Å². The average molecular weight is 294 g/mol. The monoisotopic (exact) mass is 294 g/mol. The summed E-state index contributed by atoms with van der Waals surface area (Å²) in [7, 11) is 0. The second-order valence-corrected chi connectivity index (χ2v) is 6.07. The largest absolute Gasteiger partial charge is 0.384 e. The Morgan fingerprint density at radius 1 is 1.27 bits per heavy atom. The van der Waals surface area contributed by atoms with Gasteiger partial charge >= 0.3 is 0 Å². The van der Waals surface area contributed by atoms with Crippen LogP contribution in [0.1, 0.15) is 50.7 Å². The molecule has 22 heavy (non-hydrogen) atoms. The maximum Gasteiger partial charge on any atom is 0.104 e. The Kier molecular flexibility index (Phi) is 4.69. The Hall–Kier alpha value is -2.10. The lowest BCUT2D eigenvalue weighted by Gasteiger charge is -2.37. The maximum atomic E-state index is 11.3. The fourth-order valence-electron chi connectivity index (χ4n) is 3.29. The molecule has 0 heterocycles. The van der Waals surface area contributed by atoms with Gasteiger partial charge in [0.05, 0.1) is 23.1 Å². The van der Waals surface area contributed by atoms with Crippen molar-refractivity contribution in [2.75, 3.05) is 0 Å². The van der Waals surface area contributed by atoms with E-state index in [-0.39, 0.29) is 5.92 Å². The van der Waals surface area contributed by atoms with Gasteiger partial charge in [-0.3, -0.25) is 0 Å². The minimum absolute atomic E-state index is 0.0418. The van der Waals surface area contributed by atoms with E-state index in [9.17, 15) is 10.4 Å². The zero-order chi connectivity index (χ0) is 16.2. The minimum atomic E-state index is -1.13. The van der Waals surface area contributed by atoms with Crippen molar-refractivity contribution in [3.8, 4) is 12.1 Å². The molecule has 0 spiro atoms. The second kappa shape index (κ2) is 6.34. The van der Waals surface area contributed by atoms with Crippen LogP contribution in [0.4, 0.5) is 0 Å². The number of hydrogen-bond donors (Lipinski definition) is 1. The van der Waals surface area contributed by atoms with Gasteiger partial charge in [0.15, 0.2) is 0 Å². The van der Waals surface area contributed by atoms with Gasteiger partial charge in [0, 0.05) is 0 Å². The predicted molar refractivity (Wildman–Crippen MR) is 86.5 cm³/mol. The van der Waals surface area contributed by atoms with Crippen LogP contribution in [0, 0.1) is 34.0 Å². The summed E-state index contributed by atoms with van der Waals surface area (Å²) in [5, 5.41) is 30.0. The van der Waals surface area contributed by atoms with E-state index < -0.39 is 11.0 Å². The van der Waals surface area contributed by atoms with Crippen LogP contribution in [-0.2, 0) is 0 Å². The first-order chi connectivity index (χ1) is 10.6. The van der Waals surface area contributed by atoms with Crippen molar-refractivity contribution < 1.29 is 5.11 Å². The molecule has 1 aliphatic rings. The quantitative estimate of drug-likeness (QED) is 0.860. The molecule has 1 saturated carbocycles. The van der Waals surface area contributed by atoms with Gasteiger partial charge in [-0.1, -0.05) is 57.0 Å². The molecule has 0 amide bonds. The lowest BCUT2D eigenvalue weighted by Crippen LogP contribution is -2.44. The Morgan fingerprint density at radius 2 is 1.91 bits per heavy atom.